The minimum Gasteiger partial charge on any atom is -0.435 e. The van der Waals surface area contributed by atoms with Crippen LogP contribution in [0.5, 0.6) is 11.6 Å². The first-order chi connectivity index (χ1) is 15.9. The number of nitrogens with one attached hydrogen (secondary N) is 1. The number of methoxy groups -OCH3 is 1. The third kappa shape index (κ3) is 6.07. The van der Waals surface area contributed by atoms with Crippen LogP contribution in [0.1, 0.15) is 24.6 Å². The highest BCUT2D eigenvalue weighted by molar-refractivity contribution is 5.74. The summed E-state index contributed by atoms with van der Waals surface area (Å²) < 4.78 is 40.5. The zero-order chi connectivity index (χ0) is 23.8. The molecule has 0 aliphatic carbocycles. The van der Waals surface area contributed by atoms with Crippen LogP contribution in [0.15, 0.2) is 48.5 Å². The molecule has 9 heteroatoms. The van der Waals surface area contributed by atoms with Gasteiger partial charge in [-0.1, -0.05) is 25.1 Å². The number of halogens is 2. The fourth-order valence-electron chi connectivity index (χ4n) is 3.22. The fourth-order valence-corrected chi connectivity index (χ4v) is 3.22. The van der Waals surface area contributed by atoms with Gasteiger partial charge in [0.1, 0.15) is 5.82 Å². The highest BCUT2D eigenvalue weighted by atomic mass is 19.1. The zero-order valence-electron chi connectivity index (χ0n) is 19.0. The van der Waals surface area contributed by atoms with Gasteiger partial charge in [-0.25, -0.2) is 18.3 Å². The number of carbonyl (C=O) groups excluding carboxylic acids is 1. The second-order valence-electron chi connectivity index (χ2n) is 7.44. The Kier molecular flexibility index (Phi) is 8.37. The second-order valence-corrected chi connectivity index (χ2v) is 7.44. The molecule has 0 aliphatic rings. The quantitative estimate of drug-likeness (QED) is 0.473. The standard InChI is InChI=1S/C24H28F2N4O3/c1-4-12-27-24(31)29(13-14-32-3)16-20-17(2)28-30(19-8-6-5-7-9-19)23(20)33-22-11-10-18(25)15-21(22)26/h5-11,15H,4,12-14,16H2,1-3H3,(H,27,31). The number of ether oxygens (including phenoxy) is 2. The van der Waals surface area contributed by atoms with Crippen molar-refractivity contribution in [2.75, 3.05) is 26.8 Å². The van der Waals surface area contributed by atoms with Crippen LogP contribution in [0.3, 0.4) is 0 Å². The molecule has 33 heavy (non-hydrogen) atoms. The number of benzene rings is 2. The molecule has 1 heterocycles. The van der Waals surface area contributed by atoms with Gasteiger partial charge in [-0.3, -0.25) is 0 Å². The van der Waals surface area contributed by atoms with Gasteiger partial charge in [0.25, 0.3) is 0 Å². The number of hydrogen-bond acceptors (Lipinski definition) is 4. The largest absolute Gasteiger partial charge is 0.435 e. The first kappa shape index (κ1) is 24.2. The van der Waals surface area contributed by atoms with Crippen LogP contribution < -0.4 is 10.1 Å². The van der Waals surface area contributed by atoms with Crippen LogP contribution in [-0.2, 0) is 11.3 Å². The maximum absolute atomic E-state index is 14.4. The molecule has 0 unspecified atom stereocenters. The van der Waals surface area contributed by atoms with Crippen molar-refractivity contribution < 1.29 is 23.0 Å². The van der Waals surface area contributed by atoms with E-state index in [1.165, 1.54) is 6.07 Å². The highest BCUT2D eigenvalue weighted by Gasteiger charge is 2.24. The predicted molar refractivity (Wildman–Crippen MR) is 121 cm³/mol. The number of para-hydroxylation sites is 1. The monoisotopic (exact) mass is 458 g/mol. The fraction of sp³-hybridized carbons (Fsp3) is 0.333. The minimum atomic E-state index is -0.837. The Morgan fingerprint density at radius 1 is 1.18 bits per heavy atom. The van der Waals surface area contributed by atoms with Crippen molar-refractivity contribution in [3.8, 4) is 17.3 Å². The molecule has 0 atom stereocenters. The van der Waals surface area contributed by atoms with Crippen LogP contribution >= 0.6 is 0 Å². The summed E-state index contributed by atoms with van der Waals surface area (Å²) in [4.78, 5) is 14.3. The molecular weight excluding hydrogens is 430 g/mol. The van der Waals surface area contributed by atoms with Crippen LogP contribution in [0, 0.1) is 18.6 Å². The van der Waals surface area contributed by atoms with Gasteiger partial charge < -0.3 is 19.7 Å². The first-order valence-corrected chi connectivity index (χ1v) is 10.7. The molecule has 0 radical (unpaired) electrons. The smallest absolute Gasteiger partial charge is 0.317 e. The number of carbonyl (C=O) groups is 1. The van der Waals surface area contributed by atoms with E-state index in [4.69, 9.17) is 9.47 Å². The molecule has 1 N–H and O–H groups in total. The van der Waals surface area contributed by atoms with E-state index in [2.05, 4.69) is 10.4 Å². The molecule has 2 aromatic carbocycles. The predicted octanol–water partition coefficient (Wildman–Crippen LogP) is 4.82. The van der Waals surface area contributed by atoms with E-state index in [9.17, 15) is 13.6 Å². The Morgan fingerprint density at radius 3 is 2.61 bits per heavy atom. The van der Waals surface area contributed by atoms with E-state index >= 15 is 0 Å². The number of amides is 2. The van der Waals surface area contributed by atoms with Crippen molar-refractivity contribution in [3.63, 3.8) is 0 Å². The van der Waals surface area contributed by atoms with E-state index in [-0.39, 0.29) is 24.2 Å². The molecule has 2 amide bonds. The summed E-state index contributed by atoms with van der Waals surface area (Å²) in [7, 11) is 1.56. The Bertz CT molecular complexity index is 1070. The lowest BCUT2D eigenvalue weighted by atomic mass is 10.2. The van der Waals surface area contributed by atoms with Crippen LogP contribution in [0.25, 0.3) is 5.69 Å². The van der Waals surface area contributed by atoms with Crippen molar-refractivity contribution in [3.05, 3.63) is 71.4 Å². The van der Waals surface area contributed by atoms with Gasteiger partial charge in [-0.2, -0.15) is 5.10 Å². The number of nitrogens with zero attached hydrogens (tertiary/aromatic N) is 3. The highest BCUT2D eigenvalue weighted by Crippen LogP contribution is 2.33. The van der Waals surface area contributed by atoms with Gasteiger partial charge in [-0.05, 0) is 37.6 Å². The molecule has 0 saturated carbocycles. The normalized spacial score (nSPS) is 10.8. The zero-order valence-corrected chi connectivity index (χ0v) is 19.0. The molecule has 0 aliphatic heterocycles. The SMILES string of the molecule is CCCNC(=O)N(CCOC)Cc1c(C)nn(-c2ccccc2)c1Oc1ccc(F)cc1F. The Balaban J connectivity index is 2.03. The summed E-state index contributed by atoms with van der Waals surface area (Å²) >= 11 is 0. The molecule has 7 nitrogen and oxygen atoms in total. The van der Waals surface area contributed by atoms with Crippen LogP contribution in [0.2, 0.25) is 0 Å². The average Bonchev–Trinajstić information content (AvgIpc) is 3.12. The van der Waals surface area contributed by atoms with E-state index < -0.39 is 11.6 Å². The van der Waals surface area contributed by atoms with Gasteiger partial charge in [0.15, 0.2) is 11.6 Å². The maximum atomic E-state index is 14.4. The first-order valence-electron chi connectivity index (χ1n) is 10.7. The molecule has 0 saturated heterocycles. The summed E-state index contributed by atoms with van der Waals surface area (Å²) in [6.45, 7) is 5.14. The van der Waals surface area contributed by atoms with Gasteiger partial charge in [0.2, 0.25) is 5.88 Å². The lowest BCUT2D eigenvalue weighted by Crippen LogP contribution is -2.41. The van der Waals surface area contributed by atoms with Crippen LogP contribution in [-0.4, -0.2) is 47.5 Å². The van der Waals surface area contributed by atoms with Crippen molar-refractivity contribution in [1.29, 1.82) is 0 Å². The van der Waals surface area contributed by atoms with Crippen molar-refractivity contribution in [2.24, 2.45) is 0 Å². The topological polar surface area (TPSA) is 68.6 Å². The lowest BCUT2D eigenvalue weighted by Gasteiger charge is -2.23. The maximum Gasteiger partial charge on any atom is 0.317 e. The third-order valence-corrected chi connectivity index (χ3v) is 4.97. The van der Waals surface area contributed by atoms with Gasteiger partial charge >= 0.3 is 6.03 Å². The van der Waals surface area contributed by atoms with E-state index in [1.807, 2.05) is 37.3 Å². The van der Waals surface area contributed by atoms with Crippen molar-refractivity contribution in [2.45, 2.75) is 26.8 Å². The number of urea groups is 1. The minimum absolute atomic E-state index is 0.145. The number of aromatic nitrogens is 2. The summed E-state index contributed by atoms with van der Waals surface area (Å²) in [6.07, 6.45) is 0.799. The third-order valence-electron chi connectivity index (χ3n) is 4.97. The molecule has 176 valence electrons. The molecule has 3 aromatic rings. The van der Waals surface area contributed by atoms with Crippen molar-refractivity contribution >= 4 is 6.03 Å². The van der Waals surface area contributed by atoms with E-state index in [0.717, 1.165) is 18.6 Å². The Labute approximate surface area is 191 Å². The molecule has 0 spiro atoms. The van der Waals surface area contributed by atoms with Gasteiger partial charge in [0.05, 0.1) is 30.1 Å². The van der Waals surface area contributed by atoms with Crippen molar-refractivity contribution in [1.82, 2.24) is 20.0 Å². The molecular formula is C24H28F2N4O3. The summed E-state index contributed by atoms with van der Waals surface area (Å²) in [5.41, 5.74) is 1.91. The summed E-state index contributed by atoms with van der Waals surface area (Å²) in [5.74, 6) is -1.44. The summed E-state index contributed by atoms with van der Waals surface area (Å²) in [5, 5.41) is 7.45. The number of aryl methyl sites for hydroxylation is 1. The van der Waals surface area contributed by atoms with Crippen LogP contribution in [0.4, 0.5) is 13.6 Å². The second kappa shape index (κ2) is 11.4. The number of hydrogen-bond donors (Lipinski definition) is 1. The van der Waals surface area contributed by atoms with E-state index in [0.29, 0.717) is 36.6 Å². The van der Waals surface area contributed by atoms with E-state index in [1.54, 1.807) is 23.6 Å². The summed E-state index contributed by atoms with van der Waals surface area (Å²) in [6, 6.07) is 12.1. The molecule has 1 aromatic heterocycles. The lowest BCUT2D eigenvalue weighted by molar-refractivity contribution is 0.146. The molecule has 3 rings (SSSR count). The Morgan fingerprint density at radius 2 is 1.94 bits per heavy atom. The van der Waals surface area contributed by atoms with Gasteiger partial charge in [0, 0.05) is 26.3 Å². The Hall–Kier alpha value is -3.46. The number of rotatable bonds is 10. The molecule has 0 fully saturated rings. The van der Waals surface area contributed by atoms with Gasteiger partial charge in [-0.15, -0.1) is 0 Å². The molecule has 0 bridgehead atoms. The average molecular weight is 459 g/mol.